The summed E-state index contributed by atoms with van der Waals surface area (Å²) in [6.45, 7) is 2.08. The van der Waals surface area contributed by atoms with Gasteiger partial charge in [0.05, 0.1) is 0 Å². The standard InChI is InChI=1S/C9H8BrN3S2/c1-2-7-12-13-9(14-7)15-8-5-3-4-6(10)11-8/h3-5H,2H2,1H3. The summed E-state index contributed by atoms with van der Waals surface area (Å²) in [6.07, 6.45) is 0.935. The molecule has 0 aliphatic carbocycles. The number of aryl methyl sites for hydroxylation is 1. The molecular formula is C9H8BrN3S2. The van der Waals surface area contributed by atoms with Crippen molar-refractivity contribution in [2.24, 2.45) is 0 Å². The first-order valence-corrected chi connectivity index (χ1v) is 6.83. The van der Waals surface area contributed by atoms with Crippen molar-refractivity contribution >= 4 is 39.0 Å². The van der Waals surface area contributed by atoms with Crippen molar-refractivity contribution in [3.05, 3.63) is 27.8 Å². The van der Waals surface area contributed by atoms with Crippen molar-refractivity contribution in [3.8, 4) is 0 Å². The third kappa shape index (κ3) is 2.99. The van der Waals surface area contributed by atoms with Gasteiger partial charge in [-0.1, -0.05) is 24.3 Å². The minimum Gasteiger partial charge on any atom is -0.234 e. The molecule has 3 nitrogen and oxygen atoms in total. The van der Waals surface area contributed by atoms with Crippen LogP contribution in [0.2, 0.25) is 0 Å². The van der Waals surface area contributed by atoms with Crippen LogP contribution in [0.5, 0.6) is 0 Å². The summed E-state index contributed by atoms with van der Waals surface area (Å²) in [5.74, 6) is 0. The van der Waals surface area contributed by atoms with E-state index in [1.54, 1.807) is 23.1 Å². The first-order valence-electron chi connectivity index (χ1n) is 4.40. The summed E-state index contributed by atoms with van der Waals surface area (Å²) in [6, 6.07) is 5.82. The first-order chi connectivity index (χ1) is 7.28. The van der Waals surface area contributed by atoms with Crippen LogP contribution in [0.4, 0.5) is 0 Å². The topological polar surface area (TPSA) is 38.7 Å². The molecule has 6 heteroatoms. The van der Waals surface area contributed by atoms with Crippen molar-refractivity contribution in [1.82, 2.24) is 15.2 Å². The SMILES string of the molecule is CCc1nnc(Sc2cccc(Br)n2)s1. The second kappa shape index (κ2) is 5.05. The lowest BCUT2D eigenvalue weighted by atomic mass is 10.5. The van der Waals surface area contributed by atoms with Gasteiger partial charge in [0.2, 0.25) is 0 Å². The maximum absolute atomic E-state index is 4.32. The zero-order valence-electron chi connectivity index (χ0n) is 7.98. The fraction of sp³-hybridized carbons (Fsp3) is 0.222. The van der Waals surface area contributed by atoms with E-state index in [4.69, 9.17) is 0 Å². The van der Waals surface area contributed by atoms with Gasteiger partial charge in [-0.05, 0) is 46.2 Å². The maximum Gasteiger partial charge on any atom is 0.180 e. The summed E-state index contributed by atoms with van der Waals surface area (Å²) in [4.78, 5) is 4.32. The molecule has 0 fully saturated rings. The zero-order valence-corrected chi connectivity index (χ0v) is 11.2. The molecule has 0 N–H and O–H groups in total. The maximum atomic E-state index is 4.32. The van der Waals surface area contributed by atoms with E-state index in [1.807, 2.05) is 18.2 Å². The van der Waals surface area contributed by atoms with Crippen LogP contribution in [-0.4, -0.2) is 15.2 Å². The van der Waals surface area contributed by atoms with Gasteiger partial charge in [0, 0.05) is 0 Å². The number of aromatic nitrogens is 3. The van der Waals surface area contributed by atoms with E-state index in [1.165, 1.54) is 0 Å². The molecule has 0 aliphatic heterocycles. The molecule has 15 heavy (non-hydrogen) atoms. The van der Waals surface area contributed by atoms with Gasteiger partial charge in [-0.2, -0.15) is 0 Å². The lowest BCUT2D eigenvalue weighted by molar-refractivity contribution is 0.942. The van der Waals surface area contributed by atoms with Crippen molar-refractivity contribution in [2.45, 2.75) is 22.7 Å². The Bertz CT molecular complexity index is 458. The van der Waals surface area contributed by atoms with Crippen molar-refractivity contribution in [1.29, 1.82) is 0 Å². The molecule has 0 unspecified atom stereocenters. The van der Waals surface area contributed by atoms with E-state index in [-0.39, 0.29) is 0 Å². The van der Waals surface area contributed by atoms with E-state index in [9.17, 15) is 0 Å². The van der Waals surface area contributed by atoms with E-state index in [2.05, 4.69) is 38.0 Å². The summed E-state index contributed by atoms with van der Waals surface area (Å²) < 4.78 is 1.78. The molecule has 0 aromatic carbocycles. The van der Waals surface area contributed by atoms with E-state index in [0.717, 1.165) is 25.4 Å². The predicted octanol–water partition coefficient (Wildman–Crippen LogP) is 3.41. The number of pyridine rings is 1. The average Bonchev–Trinajstić information content (AvgIpc) is 2.65. The lowest BCUT2D eigenvalue weighted by Crippen LogP contribution is -1.79. The molecule has 2 aromatic rings. The zero-order chi connectivity index (χ0) is 10.7. The van der Waals surface area contributed by atoms with Crippen LogP contribution < -0.4 is 0 Å². The highest BCUT2D eigenvalue weighted by atomic mass is 79.9. The minimum absolute atomic E-state index is 0.840. The molecule has 0 saturated heterocycles. The van der Waals surface area contributed by atoms with Crippen LogP contribution >= 0.6 is 39.0 Å². The number of hydrogen-bond donors (Lipinski definition) is 0. The van der Waals surface area contributed by atoms with Crippen LogP contribution in [0.1, 0.15) is 11.9 Å². The Hall–Kier alpha value is -0.460. The van der Waals surface area contributed by atoms with E-state index in [0.29, 0.717) is 0 Å². The summed E-state index contributed by atoms with van der Waals surface area (Å²) >= 11 is 6.50. The van der Waals surface area contributed by atoms with Crippen molar-refractivity contribution < 1.29 is 0 Å². The third-order valence-electron chi connectivity index (χ3n) is 1.63. The third-order valence-corrected chi connectivity index (χ3v) is 4.13. The van der Waals surface area contributed by atoms with Gasteiger partial charge in [-0.25, -0.2) is 4.98 Å². The largest absolute Gasteiger partial charge is 0.234 e. The van der Waals surface area contributed by atoms with E-state index < -0.39 is 0 Å². The summed E-state index contributed by atoms with van der Waals surface area (Å²) in [7, 11) is 0. The van der Waals surface area contributed by atoms with Gasteiger partial charge in [-0.15, -0.1) is 10.2 Å². The van der Waals surface area contributed by atoms with Crippen LogP contribution in [0.25, 0.3) is 0 Å². The van der Waals surface area contributed by atoms with Gasteiger partial charge < -0.3 is 0 Å². The van der Waals surface area contributed by atoms with Crippen molar-refractivity contribution in [2.75, 3.05) is 0 Å². The Balaban J connectivity index is 2.14. The molecule has 0 amide bonds. The van der Waals surface area contributed by atoms with Crippen LogP contribution in [-0.2, 0) is 6.42 Å². The molecule has 0 aliphatic rings. The number of halogens is 1. The molecule has 0 bridgehead atoms. The summed E-state index contributed by atoms with van der Waals surface area (Å²) in [5.41, 5.74) is 0. The Morgan fingerprint density at radius 3 is 2.93 bits per heavy atom. The highest BCUT2D eigenvalue weighted by Crippen LogP contribution is 2.29. The number of nitrogens with zero attached hydrogens (tertiary/aromatic N) is 3. The highest BCUT2D eigenvalue weighted by Gasteiger charge is 2.05. The molecule has 2 heterocycles. The fourth-order valence-electron chi connectivity index (χ4n) is 0.958. The van der Waals surface area contributed by atoms with E-state index >= 15 is 0 Å². The van der Waals surface area contributed by atoms with Gasteiger partial charge in [0.15, 0.2) is 4.34 Å². The Labute approximate surface area is 104 Å². The Kier molecular flexibility index (Phi) is 3.71. The van der Waals surface area contributed by atoms with Crippen LogP contribution in [0.3, 0.4) is 0 Å². The molecule has 78 valence electrons. The molecule has 0 atom stereocenters. The first kappa shape index (κ1) is 11.0. The van der Waals surface area contributed by atoms with Crippen molar-refractivity contribution in [3.63, 3.8) is 0 Å². The molecular weight excluding hydrogens is 294 g/mol. The smallest absolute Gasteiger partial charge is 0.180 e. The van der Waals surface area contributed by atoms with Gasteiger partial charge in [0.25, 0.3) is 0 Å². The number of hydrogen-bond acceptors (Lipinski definition) is 5. The lowest BCUT2D eigenvalue weighted by Gasteiger charge is -1.95. The van der Waals surface area contributed by atoms with Gasteiger partial charge in [-0.3, -0.25) is 0 Å². The number of rotatable bonds is 3. The minimum atomic E-state index is 0.840. The normalized spacial score (nSPS) is 10.5. The quantitative estimate of drug-likeness (QED) is 0.815. The predicted molar refractivity (Wildman–Crippen MR) is 65.3 cm³/mol. The Morgan fingerprint density at radius 1 is 1.40 bits per heavy atom. The molecule has 2 rings (SSSR count). The second-order valence-electron chi connectivity index (χ2n) is 2.72. The second-order valence-corrected chi connectivity index (χ2v) is 5.86. The molecule has 0 saturated carbocycles. The molecule has 0 spiro atoms. The summed E-state index contributed by atoms with van der Waals surface area (Å²) in [5, 5.41) is 10.1. The van der Waals surface area contributed by atoms with Gasteiger partial charge in [0.1, 0.15) is 14.6 Å². The molecule has 2 aromatic heterocycles. The Morgan fingerprint density at radius 2 is 2.27 bits per heavy atom. The van der Waals surface area contributed by atoms with Gasteiger partial charge >= 0.3 is 0 Å². The average molecular weight is 302 g/mol. The van der Waals surface area contributed by atoms with Crippen LogP contribution in [0.15, 0.2) is 32.2 Å². The fourth-order valence-corrected chi connectivity index (χ4v) is 3.19. The van der Waals surface area contributed by atoms with Crippen LogP contribution in [0, 0.1) is 0 Å². The highest BCUT2D eigenvalue weighted by molar-refractivity contribution is 9.10. The monoisotopic (exact) mass is 301 g/mol. The molecule has 0 radical (unpaired) electrons.